The fraction of sp³-hybridized carbons (Fsp3) is 0.375. The summed E-state index contributed by atoms with van der Waals surface area (Å²) in [5.41, 5.74) is 1.69. The topological polar surface area (TPSA) is 38.5 Å². The van der Waals surface area contributed by atoms with E-state index in [-0.39, 0.29) is 0 Å². The molecule has 1 N–H and O–H groups in total. The molecule has 74 valence electrons. The second kappa shape index (κ2) is 2.99. The zero-order chi connectivity index (χ0) is 10.5. The third-order valence-electron chi connectivity index (χ3n) is 2.21. The highest BCUT2D eigenvalue weighted by Gasteiger charge is 2.06. The minimum Gasteiger partial charge on any atom is -0.338 e. The highest BCUT2D eigenvalue weighted by molar-refractivity contribution is 7.72. The Balaban J connectivity index is 3.17. The Morgan fingerprint density at radius 1 is 1.21 bits per heavy atom. The van der Waals surface area contributed by atoms with Crippen LogP contribution in [0.25, 0.3) is 11.2 Å². The van der Waals surface area contributed by atoms with Gasteiger partial charge in [-0.3, -0.25) is 0 Å². The summed E-state index contributed by atoms with van der Waals surface area (Å²) in [7, 11) is 3.75. The first-order chi connectivity index (χ1) is 6.52. The second-order valence-corrected chi connectivity index (χ2v) is 3.98. The second-order valence-electron chi connectivity index (χ2n) is 3.23. The van der Waals surface area contributed by atoms with Gasteiger partial charge in [0, 0.05) is 14.1 Å². The van der Waals surface area contributed by atoms with Crippen LogP contribution in [0.5, 0.6) is 0 Å². The lowest BCUT2D eigenvalue weighted by Gasteiger charge is -2.05. The van der Waals surface area contributed by atoms with Crippen molar-refractivity contribution in [2.75, 3.05) is 0 Å². The van der Waals surface area contributed by atoms with Crippen molar-refractivity contribution >= 4 is 35.6 Å². The Labute approximate surface area is 91.2 Å². The van der Waals surface area contributed by atoms with Crippen LogP contribution in [0.15, 0.2) is 0 Å². The third kappa shape index (κ3) is 1.14. The molecule has 0 amide bonds. The SMILES string of the molecule is Cc1nc2c([nH]1)c(=S)n(C)c(=S)n2C. The van der Waals surface area contributed by atoms with Crippen molar-refractivity contribution in [1.29, 1.82) is 0 Å². The van der Waals surface area contributed by atoms with Gasteiger partial charge in [-0.1, -0.05) is 12.2 Å². The van der Waals surface area contributed by atoms with Crippen molar-refractivity contribution in [3.8, 4) is 0 Å². The number of H-pyrrole nitrogens is 1. The molecule has 0 aliphatic heterocycles. The fourth-order valence-corrected chi connectivity index (χ4v) is 1.91. The first-order valence-corrected chi connectivity index (χ1v) is 4.96. The van der Waals surface area contributed by atoms with E-state index in [0.717, 1.165) is 17.0 Å². The van der Waals surface area contributed by atoms with Gasteiger partial charge in [-0.05, 0) is 19.1 Å². The van der Waals surface area contributed by atoms with Gasteiger partial charge in [0.2, 0.25) is 0 Å². The number of rotatable bonds is 0. The molecule has 14 heavy (non-hydrogen) atoms. The van der Waals surface area contributed by atoms with Crippen molar-refractivity contribution in [3.63, 3.8) is 0 Å². The molecule has 2 heterocycles. The van der Waals surface area contributed by atoms with Gasteiger partial charge in [0.15, 0.2) is 10.4 Å². The molecule has 0 aliphatic carbocycles. The van der Waals surface area contributed by atoms with E-state index in [1.54, 1.807) is 4.57 Å². The Hall–Kier alpha value is -1.01. The Bertz CT molecular complexity index is 617. The lowest BCUT2D eigenvalue weighted by Crippen LogP contribution is -2.05. The molecule has 2 aromatic rings. The Morgan fingerprint density at radius 2 is 1.86 bits per heavy atom. The van der Waals surface area contributed by atoms with Crippen molar-refractivity contribution in [3.05, 3.63) is 15.2 Å². The average Bonchev–Trinajstić information content (AvgIpc) is 2.54. The van der Waals surface area contributed by atoms with Gasteiger partial charge in [-0.2, -0.15) is 0 Å². The molecule has 0 atom stereocenters. The summed E-state index contributed by atoms with van der Waals surface area (Å²) in [4.78, 5) is 7.47. The number of hydrogen-bond donors (Lipinski definition) is 1. The number of nitrogens with one attached hydrogen (secondary N) is 1. The predicted octanol–water partition coefficient (Wildman–Crippen LogP) is 2.01. The first-order valence-electron chi connectivity index (χ1n) is 4.14. The number of hydrogen-bond acceptors (Lipinski definition) is 3. The smallest absolute Gasteiger partial charge is 0.182 e. The largest absolute Gasteiger partial charge is 0.338 e. The maximum Gasteiger partial charge on any atom is 0.182 e. The molecule has 0 spiro atoms. The highest BCUT2D eigenvalue weighted by atomic mass is 32.1. The number of aryl methyl sites for hydroxylation is 2. The number of fused-ring (bicyclic) bond motifs is 1. The van der Waals surface area contributed by atoms with Gasteiger partial charge in [-0.25, -0.2) is 4.98 Å². The van der Waals surface area contributed by atoms with Gasteiger partial charge < -0.3 is 14.1 Å². The van der Waals surface area contributed by atoms with E-state index < -0.39 is 0 Å². The van der Waals surface area contributed by atoms with Crippen LogP contribution in [-0.2, 0) is 14.1 Å². The molecule has 0 radical (unpaired) electrons. The molecule has 0 saturated heterocycles. The molecule has 2 aromatic heterocycles. The lowest BCUT2D eigenvalue weighted by atomic mass is 10.5. The van der Waals surface area contributed by atoms with Crippen LogP contribution < -0.4 is 0 Å². The summed E-state index contributed by atoms with van der Waals surface area (Å²) in [5, 5.41) is 0. The van der Waals surface area contributed by atoms with E-state index in [0.29, 0.717) is 9.41 Å². The summed E-state index contributed by atoms with van der Waals surface area (Å²) in [5.74, 6) is 0.849. The van der Waals surface area contributed by atoms with Crippen LogP contribution in [0.3, 0.4) is 0 Å². The monoisotopic (exact) mass is 226 g/mol. The zero-order valence-electron chi connectivity index (χ0n) is 8.16. The molecule has 6 heteroatoms. The minimum absolute atomic E-state index is 0.675. The van der Waals surface area contributed by atoms with Gasteiger partial charge in [-0.15, -0.1) is 0 Å². The number of nitrogens with zero attached hydrogens (tertiary/aromatic N) is 3. The summed E-state index contributed by atoms with van der Waals surface area (Å²) < 4.78 is 5.02. The van der Waals surface area contributed by atoms with Gasteiger partial charge in [0.05, 0.1) is 0 Å². The van der Waals surface area contributed by atoms with Crippen molar-refractivity contribution in [1.82, 2.24) is 19.1 Å². The highest BCUT2D eigenvalue weighted by Crippen LogP contribution is 2.12. The van der Waals surface area contributed by atoms with E-state index in [9.17, 15) is 0 Å². The molecule has 4 nitrogen and oxygen atoms in total. The maximum absolute atomic E-state index is 5.27. The van der Waals surface area contributed by atoms with E-state index in [1.165, 1.54) is 0 Å². The standard InChI is InChI=1S/C8H10N4S2/c1-4-9-5-6(10-4)11(2)8(14)12(3)7(5)13/h1-3H3,(H,9,10). The van der Waals surface area contributed by atoms with Crippen LogP contribution in [-0.4, -0.2) is 19.1 Å². The van der Waals surface area contributed by atoms with Crippen molar-refractivity contribution in [2.24, 2.45) is 14.1 Å². The summed E-state index contributed by atoms with van der Waals surface area (Å²) in [6.45, 7) is 1.90. The maximum atomic E-state index is 5.27. The molecular formula is C8H10N4S2. The van der Waals surface area contributed by atoms with E-state index in [2.05, 4.69) is 9.97 Å². The predicted molar refractivity (Wildman–Crippen MR) is 60.4 cm³/mol. The molecule has 0 fully saturated rings. The lowest BCUT2D eigenvalue weighted by molar-refractivity contribution is 0.755. The van der Waals surface area contributed by atoms with Gasteiger partial charge in [0.25, 0.3) is 0 Å². The van der Waals surface area contributed by atoms with Crippen LogP contribution in [0.4, 0.5) is 0 Å². The minimum atomic E-state index is 0.675. The third-order valence-corrected chi connectivity index (χ3v) is 3.24. The van der Waals surface area contributed by atoms with E-state index in [1.807, 2.05) is 25.6 Å². The number of imidazole rings is 1. The Kier molecular flexibility index (Phi) is 2.04. The summed E-state index contributed by atoms with van der Waals surface area (Å²) >= 11 is 10.5. The van der Waals surface area contributed by atoms with Crippen LogP contribution in [0, 0.1) is 16.3 Å². The zero-order valence-corrected chi connectivity index (χ0v) is 9.79. The summed E-state index contributed by atoms with van der Waals surface area (Å²) in [6.07, 6.45) is 0. The fourth-order valence-electron chi connectivity index (χ4n) is 1.44. The van der Waals surface area contributed by atoms with Crippen LogP contribution in [0.2, 0.25) is 0 Å². The van der Waals surface area contributed by atoms with Gasteiger partial charge >= 0.3 is 0 Å². The normalized spacial score (nSPS) is 11.1. The molecule has 2 rings (SSSR count). The molecule has 0 saturated carbocycles. The van der Waals surface area contributed by atoms with Crippen LogP contribution in [0.1, 0.15) is 5.82 Å². The molecule has 0 unspecified atom stereocenters. The average molecular weight is 226 g/mol. The summed E-state index contributed by atoms with van der Waals surface area (Å²) in [6, 6.07) is 0. The molecule has 0 aliphatic rings. The number of aromatic nitrogens is 4. The van der Waals surface area contributed by atoms with E-state index in [4.69, 9.17) is 24.4 Å². The van der Waals surface area contributed by atoms with Gasteiger partial charge in [0.1, 0.15) is 16.0 Å². The van der Waals surface area contributed by atoms with Crippen molar-refractivity contribution in [2.45, 2.75) is 6.92 Å². The molecule has 0 aromatic carbocycles. The molecular weight excluding hydrogens is 216 g/mol. The number of aromatic amines is 1. The first kappa shape index (κ1) is 9.54. The van der Waals surface area contributed by atoms with Crippen LogP contribution >= 0.6 is 24.4 Å². The van der Waals surface area contributed by atoms with Crippen molar-refractivity contribution < 1.29 is 0 Å². The van der Waals surface area contributed by atoms with E-state index >= 15 is 0 Å². The Morgan fingerprint density at radius 3 is 2.50 bits per heavy atom. The molecule has 0 bridgehead atoms. The quantitative estimate of drug-likeness (QED) is 0.698.